The first kappa shape index (κ1) is 16.9. The van der Waals surface area contributed by atoms with E-state index in [0.29, 0.717) is 17.1 Å². The fourth-order valence-corrected chi connectivity index (χ4v) is 2.55. The van der Waals surface area contributed by atoms with E-state index < -0.39 is 5.60 Å². The third-order valence-electron chi connectivity index (χ3n) is 3.99. The van der Waals surface area contributed by atoms with Crippen LogP contribution in [0.25, 0.3) is 5.69 Å². The molecule has 3 aromatic rings. The van der Waals surface area contributed by atoms with E-state index >= 15 is 0 Å². The Kier molecular flexibility index (Phi) is 4.41. The zero-order chi connectivity index (χ0) is 18.0. The summed E-state index contributed by atoms with van der Waals surface area (Å²) in [6.07, 6.45) is 3.06. The molecule has 1 amide bonds. The molecule has 130 valence electrons. The molecule has 0 radical (unpaired) electrons. The Morgan fingerprint density at radius 1 is 1.32 bits per heavy atom. The van der Waals surface area contributed by atoms with Crippen molar-refractivity contribution in [3.05, 3.63) is 65.6 Å². The highest BCUT2D eigenvalue weighted by Gasteiger charge is 2.27. The second kappa shape index (κ2) is 6.52. The Labute approximate surface area is 145 Å². The molecule has 2 aromatic heterocycles. The molecule has 25 heavy (non-hydrogen) atoms. The number of carbonyl (C=O) groups is 1. The maximum atomic E-state index is 12.4. The smallest absolute Gasteiger partial charge is 0.251 e. The number of aryl methyl sites for hydroxylation is 2. The van der Waals surface area contributed by atoms with Gasteiger partial charge in [-0.15, -0.1) is 0 Å². The highest BCUT2D eigenvalue weighted by molar-refractivity contribution is 5.94. The summed E-state index contributed by atoms with van der Waals surface area (Å²) in [5.74, 6) is 0.862. The zero-order valence-corrected chi connectivity index (χ0v) is 14.4. The predicted octanol–water partition coefficient (Wildman–Crippen LogP) is 2.11. The maximum absolute atomic E-state index is 12.4. The highest BCUT2D eigenvalue weighted by Crippen LogP contribution is 2.22. The molecule has 0 spiro atoms. The normalized spacial score (nSPS) is 13.4. The molecule has 2 heterocycles. The third-order valence-corrected chi connectivity index (χ3v) is 3.99. The number of hydrogen-bond donors (Lipinski definition) is 2. The Hall–Kier alpha value is -2.93. The lowest BCUT2D eigenvalue weighted by atomic mass is 10.0. The molecule has 0 aliphatic heterocycles. The molecular formula is C18H20N4O3. The van der Waals surface area contributed by atoms with E-state index in [1.807, 2.05) is 13.0 Å². The molecule has 1 unspecified atom stereocenters. The van der Waals surface area contributed by atoms with Crippen molar-refractivity contribution >= 4 is 5.91 Å². The van der Waals surface area contributed by atoms with Gasteiger partial charge in [-0.1, -0.05) is 0 Å². The topological polar surface area (TPSA) is 93.2 Å². The zero-order valence-electron chi connectivity index (χ0n) is 14.4. The quantitative estimate of drug-likeness (QED) is 0.742. The molecule has 1 atom stereocenters. The molecule has 0 saturated carbocycles. The number of aliphatic hydroxyl groups is 1. The maximum Gasteiger partial charge on any atom is 0.251 e. The molecule has 7 heteroatoms. The van der Waals surface area contributed by atoms with Crippen LogP contribution in [0.5, 0.6) is 0 Å². The van der Waals surface area contributed by atoms with Gasteiger partial charge in [-0.25, -0.2) is 9.67 Å². The lowest BCUT2D eigenvalue weighted by Crippen LogP contribution is -2.38. The van der Waals surface area contributed by atoms with Gasteiger partial charge >= 0.3 is 0 Å². The van der Waals surface area contributed by atoms with Crippen molar-refractivity contribution in [1.82, 2.24) is 20.1 Å². The average molecular weight is 340 g/mol. The molecule has 1 aromatic carbocycles. The number of amides is 1. The Morgan fingerprint density at radius 2 is 2.12 bits per heavy atom. The van der Waals surface area contributed by atoms with Crippen LogP contribution >= 0.6 is 0 Å². The van der Waals surface area contributed by atoms with E-state index in [1.54, 1.807) is 49.1 Å². The number of furan rings is 1. The summed E-state index contributed by atoms with van der Waals surface area (Å²) in [6.45, 7) is 5.35. The summed E-state index contributed by atoms with van der Waals surface area (Å²) in [4.78, 5) is 16.3. The lowest BCUT2D eigenvalue weighted by molar-refractivity contribution is 0.0323. The monoisotopic (exact) mass is 340 g/mol. The van der Waals surface area contributed by atoms with Crippen LogP contribution in [0, 0.1) is 13.8 Å². The molecule has 0 aliphatic rings. The van der Waals surface area contributed by atoms with Gasteiger partial charge in [0.25, 0.3) is 5.91 Å². The standard InChI is InChI=1S/C18H20N4O3/c1-12-8-14(5-6-15(12)22-11-19-10-21-22)17(23)20-9-18(3,24)16-7-4-13(2)25-16/h4-8,10-11,24H,9H2,1-3H3,(H,20,23). The molecule has 2 N–H and O–H groups in total. The Balaban J connectivity index is 1.70. The Bertz CT molecular complexity index is 882. The number of hydrogen-bond acceptors (Lipinski definition) is 5. The Morgan fingerprint density at radius 3 is 2.72 bits per heavy atom. The summed E-state index contributed by atoms with van der Waals surface area (Å²) in [7, 11) is 0. The number of nitrogens with zero attached hydrogens (tertiary/aromatic N) is 3. The average Bonchev–Trinajstić information content (AvgIpc) is 3.24. The van der Waals surface area contributed by atoms with Gasteiger partial charge in [-0.2, -0.15) is 5.10 Å². The fourth-order valence-electron chi connectivity index (χ4n) is 2.55. The molecule has 7 nitrogen and oxygen atoms in total. The van der Waals surface area contributed by atoms with E-state index in [1.165, 1.54) is 6.33 Å². The van der Waals surface area contributed by atoms with Crippen LogP contribution in [0.3, 0.4) is 0 Å². The van der Waals surface area contributed by atoms with Gasteiger partial charge in [0.2, 0.25) is 0 Å². The summed E-state index contributed by atoms with van der Waals surface area (Å²) in [6, 6.07) is 8.78. The van der Waals surface area contributed by atoms with Crippen LogP contribution in [0.2, 0.25) is 0 Å². The number of carbonyl (C=O) groups excluding carboxylic acids is 1. The fraction of sp³-hybridized carbons (Fsp3) is 0.278. The van der Waals surface area contributed by atoms with Crippen molar-refractivity contribution in [3.8, 4) is 5.69 Å². The van der Waals surface area contributed by atoms with Crippen molar-refractivity contribution in [1.29, 1.82) is 0 Å². The van der Waals surface area contributed by atoms with Crippen LogP contribution in [0.1, 0.15) is 34.4 Å². The lowest BCUT2D eigenvalue weighted by Gasteiger charge is -2.21. The second-order valence-corrected chi connectivity index (χ2v) is 6.21. The minimum atomic E-state index is -1.28. The van der Waals surface area contributed by atoms with Crippen LogP contribution in [-0.2, 0) is 5.60 Å². The minimum absolute atomic E-state index is 0.0443. The van der Waals surface area contributed by atoms with E-state index in [9.17, 15) is 9.90 Å². The van der Waals surface area contributed by atoms with Gasteiger partial charge in [0.05, 0.1) is 12.2 Å². The second-order valence-electron chi connectivity index (χ2n) is 6.21. The van der Waals surface area contributed by atoms with Gasteiger partial charge in [-0.05, 0) is 56.7 Å². The molecule has 0 fully saturated rings. The summed E-state index contributed by atoms with van der Waals surface area (Å²) >= 11 is 0. The number of rotatable bonds is 5. The number of aromatic nitrogens is 3. The van der Waals surface area contributed by atoms with Gasteiger partial charge < -0.3 is 14.8 Å². The van der Waals surface area contributed by atoms with Gasteiger partial charge in [0.15, 0.2) is 0 Å². The van der Waals surface area contributed by atoms with Crippen molar-refractivity contribution in [2.75, 3.05) is 6.54 Å². The summed E-state index contributed by atoms with van der Waals surface area (Å²) in [5, 5.41) is 17.3. The van der Waals surface area contributed by atoms with Crippen molar-refractivity contribution in [3.63, 3.8) is 0 Å². The van der Waals surface area contributed by atoms with Crippen LogP contribution in [0.4, 0.5) is 0 Å². The first-order valence-corrected chi connectivity index (χ1v) is 7.90. The molecule has 0 aliphatic carbocycles. The van der Waals surface area contributed by atoms with E-state index in [4.69, 9.17) is 4.42 Å². The number of benzene rings is 1. The molecular weight excluding hydrogens is 320 g/mol. The first-order valence-electron chi connectivity index (χ1n) is 7.90. The molecule has 0 saturated heterocycles. The van der Waals surface area contributed by atoms with Crippen LogP contribution in [0.15, 0.2) is 47.4 Å². The van der Waals surface area contributed by atoms with Crippen LogP contribution < -0.4 is 5.32 Å². The molecule has 0 bridgehead atoms. The van der Waals surface area contributed by atoms with E-state index in [-0.39, 0.29) is 12.5 Å². The third kappa shape index (κ3) is 3.61. The van der Waals surface area contributed by atoms with Crippen molar-refractivity contribution in [2.24, 2.45) is 0 Å². The molecule has 3 rings (SSSR count). The number of nitrogens with one attached hydrogen (secondary N) is 1. The van der Waals surface area contributed by atoms with Crippen molar-refractivity contribution in [2.45, 2.75) is 26.4 Å². The van der Waals surface area contributed by atoms with Crippen molar-refractivity contribution < 1.29 is 14.3 Å². The summed E-state index contributed by atoms with van der Waals surface area (Å²) < 4.78 is 7.09. The first-order chi connectivity index (χ1) is 11.9. The van der Waals surface area contributed by atoms with E-state index in [2.05, 4.69) is 15.4 Å². The highest BCUT2D eigenvalue weighted by atomic mass is 16.4. The van der Waals surface area contributed by atoms with E-state index in [0.717, 1.165) is 11.3 Å². The predicted molar refractivity (Wildman–Crippen MR) is 91.4 cm³/mol. The van der Waals surface area contributed by atoms with Gasteiger partial charge in [-0.3, -0.25) is 4.79 Å². The SMILES string of the molecule is Cc1ccc(C(C)(O)CNC(=O)c2ccc(-n3cncn3)c(C)c2)o1. The summed E-state index contributed by atoms with van der Waals surface area (Å²) in [5.41, 5.74) is 0.978. The largest absolute Gasteiger partial charge is 0.463 e. The minimum Gasteiger partial charge on any atom is -0.463 e. The van der Waals surface area contributed by atoms with Gasteiger partial charge in [0, 0.05) is 5.56 Å². The van der Waals surface area contributed by atoms with Gasteiger partial charge in [0.1, 0.15) is 29.8 Å². The van der Waals surface area contributed by atoms with Crippen LogP contribution in [-0.4, -0.2) is 32.3 Å².